The fourth-order valence-electron chi connectivity index (χ4n) is 3.23. The third-order valence-electron chi connectivity index (χ3n) is 4.24. The fraction of sp³-hybridized carbons (Fsp3) is 0.923. The molecule has 0 radical (unpaired) electrons. The summed E-state index contributed by atoms with van der Waals surface area (Å²) in [6.07, 6.45) is 8.43. The summed E-state index contributed by atoms with van der Waals surface area (Å²) in [6, 6.07) is 2.39. The number of hydrogen-bond donors (Lipinski definition) is 0. The second kappa shape index (κ2) is 4.78. The minimum absolute atomic E-state index is 0.0940. The van der Waals surface area contributed by atoms with Crippen LogP contribution in [-0.4, -0.2) is 15.4 Å². The lowest BCUT2D eigenvalue weighted by Gasteiger charge is -2.60. The number of halogens is 1. The molecule has 90 valence electrons. The van der Waals surface area contributed by atoms with Crippen LogP contribution in [0.1, 0.15) is 51.9 Å². The zero-order chi connectivity index (χ0) is 11.6. The van der Waals surface area contributed by atoms with Crippen molar-refractivity contribution in [3.05, 3.63) is 0 Å². The Morgan fingerprint density at radius 1 is 1.50 bits per heavy atom. The Bertz CT molecular complexity index is 301. The van der Waals surface area contributed by atoms with E-state index in [-0.39, 0.29) is 4.75 Å². The second-order valence-electron chi connectivity index (χ2n) is 5.15. The van der Waals surface area contributed by atoms with E-state index in [1.54, 1.807) is 0 Å². The zero-order valence-electron chi connectivity index (χ0n) is 9.97. The molecule has 0 spiro atoms. The van der Waals surface area contributed by atoms with Gasteiger partial charge in [0, 0.05) is 0 Å². The first-order chi connectivity index (χ1) is 7.68. The number of thioether (sulfide) groups is 1. The summed E-state index contributed by atoms with van der Waals surface area (Å²) in [5.74, 6) is 1.88. The average molecular weight is 258 g/mol. The van der Waals surface area contributed by atoms with E-state index in [2.05, 4.69) is 13.0 Å². The molecule has 3 atom stereocenters. The summed E-state index contributed by atoms with van der Waals surface area (Å²) < 4.78 is 0.0940. The Balaban J connectivity index is 2.08. The van der Waals surface area contributed by atoms with Gasteiger partial charge in [-0.05, 0) is 37.4 Å². The standard InChI is InChI=1S/C13H20ClNS/c1-2-3-8-16-13-7-5-4-6-11(13)9-12(13,14)10-15/h11H,2-9H2,1H3. The van der Waals surface area contributed by atoms with Gasteiger partial charge in [0.05, 0.1) is 10.8 Å². The van der Waals surface area contributed by atoms with Gasteiger partial charge in [-0.25, -0.2) is 0 Å². The third kappa shape index (κ3) is 1.77. The van der Waals surface area contributed by atoms with Crippen LogP contribution in [0.25, 0.3) is 0 Å². The maximum absolute atomic E-state index is 9.31. The molecule has 0 aromatic carbocycles. The van der Waals surface area contributed by atoms with Crippen molar-refractivity contribution >= 4 is 23.4 Å². The minimum atomic E-state index is -0.559. The Hall–Kier alpha value is 0.130. The molecule has 2 fully saturated rings. The molecular weight excluding hydrogens is 238 g/mol. The van der Waals surface area contributed by atoms with Gasteiger partial charge in [-0.1, -0.05) is 26.2 Å². The zero-order valence-corrected chi connectivity index (χ0v) is 11.5. The van der Waals surface area contributed by atoms with Crippen LogP contribution >= 0.6 is 23.4 Å². The maximum Gasteiger partial charge on any atom is 0.146 e. The van der Waals surface area contributed by atoms with Crippen LogP contribution < -0.4 is 0 Å². The first-order valence-corrected chi connectivity index (χ1v) is 7.79. The molecule has 2 rings (SSSR count). The number of hydrogen-bond acceptors (Lipinski definition) is 2. The second-order valence-corrected chi connectivity index (χ2v) is 7.22. The number of unbranched alkanes of at least 4 members (excludes halogenated alkanes) is 1. The number of fused-ring (bicyclic) bond motifs is 1. The number of rotatable bonds is 4. The van der Waals surface area contributed by atoms with Crippen LogP contribution in [0.3, 0.4) is 0 Å². The van der Waals surface area contributed by atoms with Crippen LogP contribution in [0.5, 0.6) is 0 Å². The maximum atomic E-state index is 9.31. The van der Waals surface area contributed by atoms with Gasteiger partial charge in [0.15, 0.2) is 0 Å². The van der Waals surface area contributed by atoms with Crippen LogP contribution in [0.2, 0.25) is 0 Å². The lowest BCUT2D eigenvalue weighted by atomic mass is 9.57. The van der Waals surface area contributed by atoms with Crippen LogP contribution in [0.4, 0.5) is 0 Å². The Labute approximate surface area is 108 Å². The predicted octanol–water partition coefficient (Wildman–Crippen LogP) is 4.35. The van der Waals surface area contributed by atoms with E-state index in [1.165, 1.54) is 37.9 Å². The van der Waals surface area contributed by atoms with Crippen LogP contribution in [0.15, 0.2) is 0 Å². The summed E-state index contributed by atoms with van der Waals surface area (Å²) in [5, 5.41) is 9.31. The fourth-order valence-corrected chi connectivity index (χ4v) is 5.71. The molecule has 0 saturated heterocycles. The van der Waals surface area contributed by atoms with Crippen molar-refractivity contribution in [1.82, 2.24) is 0 Å². The highest BCUT2D eigenvalue weighted by molar-refractivity contribution is 8.00. The molecule has 2 aliphatic carbocycles. The molecule has 0 aromatic heterocycles. The summed E-state index contributed by atoms with van der Waals surface area (Å²) in [7, 11) is 0. The predicted molar refractivity (Wildman–Crippen MR) is 70.9 cm³/mol. The van der Waals surface area contributed by atoms with Crippen molar-refractivity contribution in [2.24, 2.45) is 5.92 Å². The molecule has 0 aromatic rings. The molecule has 3 heteroatoms. The first-order valence-electron chi connectivity index (χ1n) is 6.42. The highest BCUT2D eigenvalue weighted by Crippen LogP contribution is 2.65. The summed E-state index contributed by atoms with van der Waals surface area (Å²) >= 11 is 8.52. The van der Waals surface area contributed by atoms with E-state index in [1.807, 2.05) is 11.8 Å². The van der Waals surface area contributed by atoms with Crippen molar-refractivity contribution in [3.8, 4) is 6.07 Å². The van der Waals surface area contributed by atoms with Gasteiger partial charge in [-0.2, -0.15) is 17.0 Å². The van der Waals surface area contributed by atoms with E-state index in [0.717, 1.165) is 12.8 Å². The van der Waals surface area contributed by atoms with E-state index in [0.29, 0.717) is 5.92 Å². The molecule has 0 bridgehead atoms. The lowest BCUT2D eigenvalue weighted by Crippen LogP contribution is -2.64. The monoisotopic (exact) mass is 257 g/mol. The summed E-state index contributed by atoms with van der Waals surface area (Å²) in [5.41, 5.74) is 0. The van der Waals surface area contributed by atoms with Crippen molar-refractivity contribution < 1.29 is 0 Å². The number of nitrogens with zero attached hydrogens (tertiary/aromatic N) is 1. The van der Waals surface area contributed by atoms with Crippen LogP contribution in [-0.2, 0) is 0 Å². The normalized spacial score (nSPS) is 41.9. The summed E-state index contributed by atoms with van der Waals surface area (Å²) in [6.45, 7) is 2.22. The van der Waals surface area contributed by atoms with Gasteiger partial charge in [-0.3, -0.25) is 0 Å². The SMILES string of the molecule is CCCCSC12CCCCC1CC2(Cl)C#N. The van der Waals surface area contributed by atoms with Gasteiger partial charge >= 0.3 is 0 Å². The first kappa shape index (κ1) is 12.6. The highest BCUT2D eigenvalue weighted by Gasteiger charge is 2.65. The van der Waals surface area contributed by atoms with Gasteiger partial charge in [0.2, 0.25) is 0 Å². The van der Waals surface area contributed by atoms with Crippen LogP contribution in [0, 0.1) is 17.2 Å². The van der Waals surface area contributed by atoms with Crippen molar-refractivity contribution in [2.75, 3.05) is 5.75 Å². The molecule has 0 aliphatic heterocycles. The van der Waals surface area contributed by atoms with Gasteiger partial charge in [-0.15, -0.1) is 11.6 Å². The van der Waals surface area contributed by atoms with E-state index in [9.17, 15) is 5.26 Å². The van der Waals surface area contributed by atoms with Crippen molar-refractivity contribution in [2.45, 2.75) is 61.5 Å². The smallest absolute Gasteiger partial charge is 0.146 e. The van der Waals surface area contributed by atoms with E-state index in [4.69, 9.17) is 11.6 Å². The Morgan fingerprint density at radius 3 is 2.94 bits per heavy atom. The van der Waals surface area contributed by atoms with Gasteiger partial charge in [0.25, 0.3) is 0 Å². The average Bonchev–Trinajstić information content (AvgIpc) is 2.30. The molecular formula is C13H20ClNS. The Kier molecular flexibility index (Phi) is 3.76. The molecule has 16 heavy (non-hydrogen) atoms. The Morgan fingerprint density at radius 2 is 2.31 bits per heavy atom. The van der Waals surface area contributed by atoms with Crippen molar-refractivity contribution in [1.29, 1.82) is 5.26 Å². The molecule has 0 heterocycles. The molecule has 2 aliphatic rings. The molecule has 0 amide bonds. The molecule has 3 unspecified atom stereocenters. The molecule has 0 N–H and O–H groups in total. The van der Waals surface area contributed by atoms with E-state index >= 15 is 0 Å². The lowest BCUT2D eigenvalue weighted by molar-refractivity contribution is 0.120. The number of nitriles is 1. The largest absolute Gasteiger partial charge is 0.196 e. The quantitative estimate of drug-likeness (QED) is 0.552. The van der Waals surface area contributed by atoms with Gasteiger partial charge in [0.1, 0.15) is 4.87 Å². The third-order valence-corrected chi connectivity index (χ3v) is 6.83. The molecule has 1 nitrogen and oxygen atoms in total. The molecule has 2 saturated carbocycles. The van der Waals surface area contributed by atoms with Crippen molar-refractivity contribution in [3.63, 3.8) is 0 Å². The van der Waals surface area contributed by atoms with Gasteiger partial charge < -0.3 is 0 Å². The topological polar surface area (TPSA) is 23.8 Å². The van der Waals surface area contributed by atoms with E-state index < -0.39 is 4.87 Å². The summed E-state index contributed by atoms with van der Waals surface area (Å²) in [4.78, 5) is -0.559. The minimum Gasteiger partial charge on any atom is -0.196 e. The highest BCUT2D eigenvalue weighted by atomic mass is 35.5. The number of alkyl halides is 1.